The molecule has 0 aliphatic heterocycles. The van der Waals surface area contributed by atoms with Crippen LogP contribution in [0, 0.1) is 0 Å². The highest BCUT2D eigenvalue weighted by atomic mass is 32.2. The number of carbonyl (C=O) groups is 2. The molecule has 0 saturated heterocycles. The van der Waals surface area contributed by atoms with Crippen LogP contribution in [0.15, 0.2) is 36.4 Å². The lowest BCUT2D eigenvalue weighted by Gasteiger charge is -2.04. The van der Waals surface area contributed by atoms with Crippen molar-refractivity contribution in [1.82, 2.24) is 9.97 Å². The number of carbonyl (C=O) groups excluding carboxylic acids is 2. The summed E-state index contributed by atoms with van der Waals surface area (Å²) in [5.74, 6) is -0.559. The maximum atomic E-state index is 11.0. The third-order valence-electron chi connectivity index (χ3n) is 3.94. The minimum Gasteiger partial charge on any atom is -0.469 e. The summed E-state index contributed by atoms with van der Waals surface area (Å²) in [5.41, 5.74) is 2.60. The van der Waals surface area contributed by atoms with Gasteiger partial charge in [0.2, 0.25) is 0 Å². The molecule has 176 valence electrons. The van der Waals surface area contributed by atoms with Gasteiger partial charge in [0, 0.05) is 24.2 Å². The van der Waals surface area contributed by atoms with Crippen molar-refractivity contribution in [3.63, 3.8) is 0 Å². The number of esters is 2. The van der Waals surface area contributed by atoms with E-state index in [2.05, 4.69) is 23.6 Å². The fourth-order valence-electron chi connectivity index (χ4n) is 2.34. The van der Waals surface area contributed by atoms with E-state index in [4.69, 9.17) is 5.11 Å². The van der Waals surface area contributed by atoms with Gasteiger partial charge in [-0.25, -0.2) is 0 Å². The summed E-state index contributed by atoms with van der Waals surface area (Å²) >= 11 is 0. The molecular formula is C21H28N2O8S. The van der Waals surface area contributed by atoms with E-state index < -0.39 is 10.1 Å². The first-order valence-electron chi connectivity index (χ1n) is 9.65. The third-order valence-corrected chi connectivity index (χ3v) is 4.48. The van der Waals surface area contributed by atoms with Gasteiger partial charge < -0.3 is 14.6 Å². The third kappa shape index (κ3) is 12.1. The van der Waals surface area contributed by atoms with Gasteiger partial charge in [0.25, 0.3) is 10.1 Å². The molecule has 2 aromatic rings. The number of methoxy groups -OCH3 is 2. The fourth-order valence-corrected chi connectivity index (χ4v) is 2.67. The van der Waals surface area contributed by atoms with Crippen molar-refractivity contribution in [2.24, 2.45) is 0 Å². The Labute approximate surface area is 187 Å². The van der Waals surface area contributed by atoms with Crippen molar-refractivity contribution < 1.29 is 36.8 Å². The first-order valence-corrected chi connectivity index (χ1v) is 11.5. The van der Waals surface area contributed by atoms with Gasteiger partial charge in [-0.3, -0.25) is 23.7 Å². The lowest BCUT2D eigenvalue weighted by Crippen LogP contribution is -2.06. The van der Waals surface area contributed by atoms with Gasteiger partial charge in [-0.15, -0.1) is 0 Å². The average molecular weight is 469 g/mol. The van der Waals surface area contributed by atoms with Crippen LogP contribution in [0.2, 0.25) is 0 Å². The molecule has 0 aliphatic carbocycles. The molecule has 0 aliphatic rings. The van der Waals surface area contributed by atoms with Crippen LogP contribution in [-0.2, 0) is 59.4 Å². The summed E-state index contributed by atoms with van der Waals surface area (Å²) in [6.45, 7) is -0.184. The topological polar surface area (TPSA) is 142 Å². The predicted octanol–water partition coefficient (Wildman–Crippen LogP) is 1.34. The second kappa shape index (κ2) is 14.2. The van der Waals surface area contributed by atoms with E-state index in [-0.39, 0.29) is 31.6 Å². The van der Waals surface area contributed by atoms with E-state index in [9.17, 15) is 18.0 Å². The molecule has 0 bridgehead atoms. The van der Waals surface area contributed by atoms with Crippen molar-refractivity contribution >= 4 is 22.1 Å². The van der Waals surface area contributed by atoms with Crippen LogP contribution in [0.25, 0.3) is 0 Å². The highest BCUT2D eigenvalue weighted by Crippen LogP contribution is 2.06. The summed E-state index contributed by atoms with van der Waals surface area (Å²) in [4.78, 5) is 30.1. The molecule has 0 amide bonds. The lowest BCUT2D eigenvalue weighted by atomic mass is 10.2. The minimum absolute atomic E-state index is 0.0773. The van der Waals surface area contributed by atoms with E-state index in [1.807, 2.05) is 12.1 Å². The molecule has 11 heteroatoms. The van der Waals surface area contributed by atoms with Crippen molar-refractivity contribution in [3.8, 4) is 0 Å². The molecule has 2 heterocycles. The molecule has 1 N–H and O–H groups in total. The van der Waals surface area contributed by atoms with Gasteiger partial charge in [-0.2, -0.15) is 8.42 Å². The van der Waals surface area contributed by atoms with E-state index in [1.54, 1.807) is 24.3 Å². The van der Waals surface area contributed by atoms with Crippen LogP contribution in [-0.4, -0.2) is 55.9 Å². The van der Waals surface area contributed by atoms with Crippen LogP contribution < -0.4 is 0 Å². The van der Waals surface area contributed by atoms with Crippen molar-refractivity contribution in [2.75, 3.05) is 20.5 Å². The van der Waals surface area contributed by atoms with E-state index in [0.29, 0.717) is 36.3 Å². The number of rotatable bonds is 10. The lowest BCUT2D eigenvalue weighted by molar-refractivity contribution is -0.141. The summed E-state index contributed by atoms with van der Waals surface area (Å²) in [7, 11) is -0.792. The highest BCUT2D eigenvalue weighted by molar-refractivity contribution is 7.85. The summed E-state index contributed by atoms with van der Waals surface area (Å²) in [5, 5.41) is 8.83. The summed E-state index contributed by atoms with van der Waals surface area (Å²) in [6.07, 6.45) is 2.52. The Bertz CT molecular complexity index is 979. The van der Waals surface area contributed by atoms with Crippen LogP contribution in [0.5, 0.6) is 0 Å². The molecule has 0 unspecified atom stereocenters. The van der Waals surface area contributed by atoms with Crippen molar-refractivity contribution in [3.05, 3.63) is 59.2 Å². The van der Waals surface area contributed by atoms with Crippen molar-refractivity contribution in [2.45, 2.75) is 38.9 Å². The Kier molecular flexibility index (Phi) is 12.1. The van der Waals surface area contributed by atoms with E-state index in [1.165, 1.54) is 14.2 Å². The first-order chi connectivity index (χ1) is 15.2. The zero-order valence-electron chi connectivity index (χ0n) is 18.3. The van der Waals surface area contributed by atoms with Crippen LogP contribution in [0.4, 0.5) is 0 Å². The second-order valence-electron chi connectivity index (χ2n) is 6.52. The Morgan fingerprint density at radius 1 is 0.844 bits per heavy atom. The van der Waals surface area contributed by atoms with Gasteiger partial charge in [-0.1, -0.05) is 12.1 Å². The largest absolute Gasteiger partial charge is 0.469 e. The van der Waals surface area contributed by atoms with Gasteiger partial charge in [0.1, 0.15) is 6.61 Å². The fraction of sp³-hybridized carbons (Fsp3) is 0.429. The Hall–Kier alpha value is -2.89. The second-order valence-corrected chi connectivity index (χ2v) is 8.16. The molecule has 0 atom stereocenters. The number of aryl methyl sites for hydroxylation is 2. The number of aliphatic hydroxyl groups excluding tert-OH is 1. The van der Waals surface area contributed by atoms with Crippen molar-refractivity contribution in [1.29, 1.82) is 0 Å². The minimum atomic E-state index is -3.48. The predicted molar refractivity (Wildman–Crippen MR) is 115 cm³/mol. The average Bonchev–Trinajstić information content (AvgIpc) is 2.80. The highest BCUT2D eigenvalue weighted by Gasteiger charge is 2.06. The molecule has 10 nitrogen and oxygen atoms in total. The maximum Gasteiger partial charge on any atom is 0.305 e. The number of aliphatic hydroxyl groups is 1. The number of hydrogen-bond acceptors (Lipinski definition) is 10. The van der Waals surface area contributed by atoms with Gasteiger partial charge in [0.15, 0.2) is 0 Å². The molecule has 0 radical (unpaired) electrons. The van der Waals surface area contributed by atoms with E-state index in [0.717, 1.165) is 11.9 Å². The number of hydrogen-bond donors (Lipinski definition) is 1. The molecule has 32 heavy (non-hydrogen) atoms. The molecule has 2 rings (SSSR count). The monoisotopic (exact) mass is 468 g/mol. The smallest absolute Gasteiger partial charge is 0.305 e. The standard InChI is InChI=1S/C11H15NO5S.C10H13NO3/c1-16-11(13)7-6-9-4-3-5-10(12-9)8-17-18(2,14)15;1-14-10(13)6-5-8-3-2-4-9(7-12)11-8/h3-5H,6-8H2,1-2H3;2-4,12H,5-7H2,1H3. The summed E-state index contributed by atoms with van der Waals surface area (Å²) < 4.78 is 35.3. The van der Waals surface area contributed by atoms with Gasteiger partial charge in [0.05, 0.1) is 51.3 Å². The van der Waals surface area contributed by atoms with Gasteiger partial charge >= 0.3 is 11.9 Å². The number of ether oxygens (including phenoxy) is 2. The molecule has 2 aromatic heterocycles. The molecule has 0 saturated carbocycles. The molecule has 0 aromatic carbocycles. The van der Waals surface area contributed by atoms with Gasteiger partial charge in [-0.05, 0) is 24.3 Å². The number of aromatic nitrogens is 2. The summed E-state index contributed by atoms with van der Waals surface area (Å²) in [6, 6.07) is 10.5. The molecule has 0 fully saturated rings. The normalized spacial score (nSPS) is 10.6. The Morgan fingerprint density at radius 3 is 1.72 bits per heavy atom. The number of nitrogens with zero attached hydrogens (tertiary/aromatic N) is 2. The Balaban J connectivity index is 0.000000330. The molecule has 0 spiro atoms. The maximum absolute atomic E-state index is 11.0. The van der Waals surface area contributed by atoms with E-state index >= 15 is 0 Å². The Morgan fingerprint density at radius 2 is 1.28 bits per heavy atom. The quantitative estimate of drug-likeness (QED) is 0.401. The number of pyridine rings is 2. The van der Waals surface area contributed by atoms with Crippen LogP contribution in [0.3, 0.4) is 0 Å². The van der Waals surface area contributed by atoms with Crippen LogP contribution in [0.1, 0.15) is 35.6 Å². The van der Waals surface area contributed by atoms with Crippen LogP contribution >= 0.6 is 0 Å². The SMILES string of the molecule is COC(=O)CCc1cccc(CO)n1.COC(=O)CCc1cccc(COS(C)(=O)=O)n1. The molecular weight excluding hydrogens is 440 g/mol. The zero-order valence-corrected chi connectivity index (χ0v) is 19.1. The zero-order chi connectivity index (χ0) is 24.0. The first kappa shape index (κ1) is 27.1.